The lowest BCUT2D eigenvalue weighted by Crippen LogP contribution is -2.34. The summed E-state index contributed by atoms with van der Waals surface area (Å²) in [5.74, 6) is 0.256. The summed E-state index contributed by atoms with van der Waals surface area (Å²) >= 11 is 1.68. The maximum Gasteiger partial charge on any atom is 0.164 e. The Morgan fingerprint density at radius 2 is 2.53 bits per heavy atom. The van der Waals surface area contributed by atoms with Crippen LogP contribution in [0.1, 0.15) is 31.7 Å². The first-order valence-corrected chi connectivity index (χ1v) is 6.33. The number of rotatable bonds is 4. The van der Waals surface area contributed by atoms with E-state index in [9.17, 15) is 4.79 Å². The van der Waals surface area contributed by atoms with Gasteiger partial charge in [-0.2, -0.15) is 11.3 Å². The van der Waals surface area contributed by atoms with Crippen LogP contribution < -0.4 is 0 Å². The molecular weight excluding hydrogens is 208 g/mol. The van der Waals surface area contributed by atoms with Gasteiger partial charge in [-0.15, -0.1) is 0 Å². The smallest absolute Gasteiger partial charge is 0.164 e. The third kappa shape index (κ3) is 2.47. The summed E-state index contributed by atoms with van der Waals surface area (Å²) in [4.78, 5) is 11.9. The van der Waals surface area contributed by atoms with Crippen molar-refractivity contribution in [2.24, 2.45) is 0 Å². The van der Waals surface area contributed by atoms with Gasteiger partial charge in [-0.3, -0.25) is 4.79 Å². The molecule has 1 aromatic rings. The minimum atomic E-state index is -0.490. The van der Waals surface area contributed by atoms with Crippen molar-refractivity contribution in [1.29, 1.82) is 0 Å². The van der Waals surface area contributed by atoms with E-state index in [4.69, 9.17) is 4.74 Å². The number of ether oxygens (including phenoxy) is 1. The Labute approximate surface area is 94.3 Å². The Morgan fingerprint density at radius 1 is 1.67 bits per heavy atom. The average molecular weight is 224 g/mol. The topological polar surface area (TPSA) is 26.3 Å². The van der Waals surface area contributed by atoms with Gasteiger partial charge in [-0.25, -0.2) is 0 Å². The van der Waals surface area contributed by atoms with Crippen molar-refractivity contribution in [2.75, 3.05) is 6.61 Å². The second-order valence-electron chi connectivity index (χ2n) is 4.24. The normalized spacial score (nSPS) is 25.7. The summed E-state index contributed by atoms with van der Waals surface area (Å²) < 4.78 is 5.53. The molecule has 15 heavy (non-hydrogen) atoms. The Kier molecular flexibility index (Phi) is 3.22. The van der Waals surface area contributed by atoms with Gasteiger partial charge in [0.2, 0.25) is 0 Å². The monoisotopic (exact) mass is 224 g/mol. The molecule has 2 nitrogen and oxygen atoms in total. The quantitative estimate of drug-likeness (QED) is 0.786. The van der Waals surface area contributed by atoms with Gasteiger partial charge in [-0.1, -0.05) is 0 Å². The number of carbonyl (C=O) groups excluding carboxylic acids is 1. The van der Waals surface area contributed by atoms with Crippen LogP contribution in [-0.2, 0) is 16.0 Å². The van der Waals surface area contributed by atoms with Crippen LogP contribution >= 0.6 is 11.3 Å². The zero-order valence-corrected chi connectivity index (χ0v) is 9.81. The third-order valence-corrected chi connectivity index (χ3v) is 3.76. The summed E-state index contributed by atoms with van der Waals surface area (Å²) in [5.41, 5.74) is 0.769. The molecule has 2 heterocycles. The summed E-state index contributed by atoms with van der Waals surface area (Å²) in [7, 11) is 0. The van der Waals surface area contributed by atoms with Crippen molar-refractivity contribution in [3.63, 3.8) is 0 Å². The highest BCUT2D eigenvalue weighted by atomic mass is 32.1. The summed E-state index contributed by atoms with van der Waals surface area (Å²) in [5, 5.41) is 4.15. The van der Waals surface area contributed by atoms with Gasteiger partial charge in [0.25, 0.3) is 0 Å². The minimum Gasteiger partial charge on any atom is -0.368 e. The van der Waals surface area contributed by atoms with Crippen molar-refractivity contribution in [2.45, 2.75) is 38.2 Å². The first-order valence-electron chi connectivity index (χ1n) is 5.39. The number of hydrogen-bond acceptors (Lipinski definition) is 3. The highest BCUT2D eigenvalue weighted by molar-refractivity contribution is 7.07. The largest absolute Gasteiger partial charge is 0.368 e. The van der Waals surface area contributed by atoms with Crippen LogP contribution in [-0.4, -0.2) is 18.0 Å². The summed E-state index contributed by atoms with van der Waals surface area (Å²) in [6.07, 6.45) is 3.35. The molecule has 3 heteroatoms. The van der Waals surface area contributed by atoms with E-state index < -0.39 is 5.60 Å². The lowest BCUT2D eigenvalue weighted by Gasteiger charge is -2.21. The van der Waals surface area contributed by atoms with Gasteiger partial charge in [0.15, 0.2) is 5.78 Å². The highest BCUT2D eigenvalue weighted by Gasteiger charge is 2.36. The van der Waals surface area contributed by atoms with Crippen LogP contribution in [0, 0.1) is 0 Å². The fourth-order valence-electron chi connectivity index (χ4n) is 1.96. The van der Waals surface area contributed by atoms with E-state index in [0.29, 0.717) is 6.42 Å². The van der Waals surface area contributed by atoms with E-state index in [2.05, 4.69) is 11.4 Å². The molecule has 0 amide bonds. The molecule has 1 aliphatic rings. The molecule has 0 saturated carbocycles. The average Bonchev–Trinajstić information content (AvgIpc) is 2.85. The number of aryl methyl sites for hydroxylation is 1. The van der Waals surface area contributed by atoms with Gasteiger partial charge in [-0.05, 0) is 48.6 Å². The maximum atomic E-state index is 11.9. The molecule has 0 aromatic carbocycles. The van der Waals surface area contributed by atoms with Crippen LogP contribution in [0.25, 0.3) is 0 Å². The number of ketones is 1. The van der Waals surface area contributed by atoms with Crippen molar-refractivity contribution < 1.29 is 9.53 Å². The first-order chi connectivity index (χ1) is 7.21. The van der Waals surface area contributed by atoms with E-state index in [1.165, 1.54) is 5.56 Å². The van der Waals surface area contributed by atoms with E-state index in [0.717, 1.165) is 25.9 Å². The zero-order valence-electron chi connectivity index (χ0n) is 8.99. The summed E-state index contributed by atoms with van der Waals surface area (Å²) in [6.45, 7) is 2.66. The molecule has 0 bridgehead atoms. The van der Waals surface area contributed by atoms with Gasteiger partial charge in [0.1, 0.15) is 5.60 Å². The molecule has 1 saturated heterocycles. The maximum absolute atomic E-state index is 11.9. The molecule has 1 fully saturated rings. The van der Waals surface area contributed by atoms with E-state index in [1.807, 2.05) is 12.3 Å². The van der Waals surface area contributed by atoms with Crippen LogP contribution in [0.4, 0.5) is 0 Å². The Balaban J connectivity index is 1.87. The third-order valence-electron chi connectivity index (χ3n) is 3.03. The van der Waals surface area contributed by atoms with E-state index >= 15 is 0 Å². The molecule has 1 unspecified atom stereocenters. The Morgan fingerprint density at radius 3 is 3.13 bits per heavy atom. The van der Waals surface area contributed by atoms with Gasteiger partial charge < -0.3 is 4.74 Å². The van der Waals surface area contributed by atoms with Crippen molar-refractivity contribution in [1.82, 2.24) is 0 Å². The molecule has 2 rings (SSSR count). The molecule has 0 N–H and O–H groups in total. The molecule has 82 valence electrons. The molecule has 0 spiro atoms. The fourth-order valence-corrected chi connectivity index (χ4v) is 2.66. The minimum absolute atomic E-state index is 0.256. The van der Waals surface area contributed by atoms with Gasteiger partial charge >= 0.3 is 0 Å². The second-order valence-corrected chi connectivity index (χ2v) is 5.02. The first kappa shape index (κ1) is 10.8. The number of Topliss-reactive ketones (excluding diaryl/α,β-unsaturated/α-hetero) is 1. The fraction of sp³-hybridized carbons (Fsp3) is 0.583. The highest BCUT2D eigenvalue weighted by Crippen LogP contribution is 2.27. The van der Waals surface area contributed by atoms with Gasteiger partial charge in [0.05, 0.1) is 0 Å². The second kappa shape index (κ2) is 4.45. The van der Waals surface area contributed by atoms with Crippen molar-refractivity contribution in [3.8, 4) is 0 Å². The molecule has 0 aliphatic carbocycles. The van der Waals surface area contributed by atoms with Gasteiger partial charge in [0, 0.05) is 13.0 Å². The Hall–Kier alpha value is -0.670. The van der Waals surface area contributed by atoms with Crippen molar-refractivity contribution in [3.05, 3.63) is 22.4 Å². The predicted molar refractivity (Wildman–Crippen MR) is 61.2 cm³/mol. The number of thiophene rings is 1. The summed E-state index contributed by atoms with van der Waals surface area (Å²) in [6, 6.07) is 2.08. The van der Waals surface area contributed by atoms with E-state index in [1.54, 1.807) is 11.3 Å². The SMILES string of the molecule is CC1(C(=O)CCc2ccsc2)CCCO1. The zero-order chi connectivity index (χ0) is 10.7. The predicted octanol–water partition coefficient (Wildman–Crippen LogP) is 2.82. The molecule has 1 atom stereocenters. The molecular formula is C12H16O2S. The van der Waals surface area contributed by atoms with Crippen LogP contribution in [0.3, 0.4) is 0 Å². The number of carbonyl (C=O) groups is 1. The lowest BCUT2D eigenvalue weighted by molar-refractivity contribution is -0.137. The lowest BCUT2D eigenvalue weighted by atomic mass is 9.93. The van der Waals surface area contributed by atoms with Crippen LogP contribution in [0.5, 0.6) is 0 Å². The Bertz CT molecular complexity index is 323. The standard InChI is InChI=1S/C12H16O2S/c1-12(6-2-7-14-12)11(13)4-3-10-5-8-15-9-10/h5,8-9H,2-4,6-7H2,1H3. The van der Waals surface area contributed by atoms with E-state index in [-0.39, 0.29) is 5.78 Å². The molecule has 0 radical (unpaired) electrons. The van der Waals surface area contributed by atoms with Crippen LogP contribution in [0.15, 0.2) is 16.8 Å². The molecule has 1 aliphatic heterocycles. The van der Waals surface area contributed by atoms with Crippen LogP contribution in [0.2, 0.25) is 0 Å². The molecule has 1 aromatic heterocycles. The van der Waals surface area contributed by atoms with Crippen molar-refractivity contribution >= 4 is 17.1 Å². The number of hydrogen-bond donors (Lipinski definition) is 0.